The Bertz CT molecular complexity index is 1080. The largest absolute Gasteiger partial charge is 0.451 e. The topological polar surface area (TPSA) is 42.2 Å². The number of fused-ring (bicyclic) bond motifs is 1. The first-order valence-corrected chi connectivity index (χ1v) is 9.08. The van der Waals surface area contributed by atoms with Crippen molar-refractivity contribution in [2.75, 3.05) is 0 Å². The molecule has 3 heteroatoms. The molecule has 1 amide bonds. The second-order valence-corrected chi connectivity index (χ2v) is 6.74. The van der Waals surface area contributed by atoms with Crippen LogP contribution >= 0.6 is 0 Å². The fraction of sp³-hybridized carbons (Fsp3) is 0.125. The average Bonchev–Trinajstić information content (AvgIpc) is 3.06. The van der Waals surface area contributed by atoms with Crippen LogP contribution in [0.2, 0.25) is 0 Å². The molecule has 1 atom stereocenters. The van der Waals surface area contributed by atoms with Crippen LogP contribution in [0.3, 0.4) is 0 Å². The van der Waals surface area contributed by atoms with Gasteiger partial charge in [-0.2, -0.15) is 0 Å². The summed E-state index contributed by atoms with van der Waals surface area (Å²) in [5.74, 6) is 0.187. The van der Waals surface area contributed by atoms with E-state index in [2.05, 4.69) is 41.7 Å². The van der Waals surface area contributed by atoms with E-state index in [1.54, 1.807) is 0 Å². The Labute approximate surface area is 158 Å². The van der Waals surface area contributed by atoms with Crippen LogP contribution in [0.25, 0.3) is 22.1 Å². The fourth-order valence-electron chi connectivity index (χ4n) is 3.33. The number of benzene rings is 3. The standard InChI is InChI=1S/C24H21NO2/c1-16-21-10-6-7-11-22(21)27-23(16)24(26)25-17(2)18-12-14-20(15-13-18)19-8-4-3-5-9-19/h3-15,17H,1-2H3,(H,25,26)/t17-/m1/s1. The van der Waals surface area contributed by atoms with Crippen LogP contribution in [0.4, 0.5) is 0 Å². The van der Waals surface area contributed by atoms with Gasteiger partial charge in [0.25, 0.3) is 5.91 Å². The lowest BCUT2D eigenvalue weighted by Gasteiger charge is -2.14. The van der Waals surface area contributed by atoms with Crippen molar-refractivity contribution in [3.05, 3.63) is 95.7 Å². The first-order chi connectivity index (χ1) is 13.1. The molecule has 4 aromatic rings. The summed E-state index contributed by atoms with van der Waals surface area (Å²) in [6.07, 6.45) is 0. The molecule has 0 aliphatic rings. The van der Waals surface area contributed by atoms with Crippen molar-refractivity contribution < 1.29 is 9.21 Å². The zero-order valence-electron chi connectivity index (χ0n) is 15.4. The van der Waals surface area contributed by atoms with E-state index in [1.165, 1.54) is 5.56 Å². The molecule has 0 saturated heterocycles. The molecule has 0 bridgehead atoms. The van der Waals surface area contributed by atoms with Gasteiger partial charge in [0.15, 0.2) is 5.76 Å². The second-order valence-electron chi connectivity index (χ2n) is 6.74. The molecule has 4 rings (SSSR count). The first kappa shape index (κ1) is 17.1. The number of hydrogen-bond donors (Lipinski definition) is 1. The number of furan rings is 1. The molecule has 1 aromatic heterocycles. The van der Waals surface area contributed by atoms with Gasteiger partial charge in [0.2, 0.25) is 0 Å². The molecule has 27 heavy (non-hydrogen) atoms. The third-order valence-corrected chi connectivity index (χ3v) is 4.92. The van der Waals surface area contributed by atoms with E-state index in [-0.39, 0.29) is 11.9 Å². The molecular formula is C24H21NO2. The molecule has 1 N–H and O–H groups in total. The highest BCUT2D eigenvalue weighted by molar-refractivity contribution is 5.99. The number of para-hydroxylation sites is 1. The summed E-state index contributed by atoms with van der Waals surface area (Å²) in [7, 11) is 0. The highest BCUT2D eigenvalue weighted by Gasteiger charge is 2.19. The van der Waals surface area contributed by atoms with Gasteiger partial charge in [-0.15, -0.1) is 0 Å². The van der Waals surface area contributed by atoms with Crippen LogP contribution in [0, 0.1) is 6.92 Å². The van der Waals surface area contributed by atoms with Crippen molar-refractivity contribution in [2.24, 2.45) is 0 Å². The lowest BCUT2D eigenvalue weighted by molar-refractivity contribution is 0.0913. The van der Waals surface area contributed by atoms with E-state index >= 15 is 0 Å². The van der Waals surface area contributed by atoms with E-state index < -0.39 is 0 Å². The van der Waals surface area contributed by atoms with E-state index in [1.807, 2.05) is 56.3 Å². The Kier molecular flexibility index (Phi) is 4.51. The van der Waals surface area contributed by atoms with E-state index in [9.17, 15) is 4.79 Å². The predicted octanol–water partition coefficient (Wildman–Crippen LogP) is 5.90. The van der Waals surface area contributed by atoms with Gasteiger partial charge in [0.1, 0.15) is 5.58 Å². The molecule has 3 nitrogen and oxygen atoms in total. The zero-order valence-corrected chi connectivity index (χ0v) is 15.4. The summed E-state index contributed by atoms with van der Waals surface area (Å²) in [6.45, 7) is 3.90. The Morgan fingerprint density at radius 2 is 1.48 bits per heavy atom. The van der Waals surface area contributed by atoms with Crippen LogP contribution in [0.1, 0.15) is 34.6 Å². The van der Waals surface area contributed by atoms with E-state index in [4.69, 9.17) is 4.42 Å². The van der Waals surface area contributed by atoms with Crippen LogP contribution < -0.4 is 5.32 Å². The normalized spacial score (nSPS) is 12.1. The van der Waals surface area contributed by atoms with Gasteiger partial charge in [-0.3, -0.25) is 4.79 Å². The van der Waals surface area contributed by atoms with Crippen molar-refractivity contribution in [1.29, 1.82) is 0 Å². The van der Waals surface area contributed by atoms with Crippen LogP contribution in [0.5, 0.6) is 0 Å². The number of aryl methyl sites for hydroxylation is 1. The molecule has 0 aliphatic carbocycles. The first-order valence-electron chi connectivity index (χ1n) is 9.08. The monoisotopic (exact) mass is 355 g/mol. The lowest BCUT2D eigenvalue weighted by Crippen LogP contribution is -2.26. The van der Waals surface area contributed by atoms with Gasteiger partial charge < -0.3 is 9.73 Å². The maximum atomic E-state index is 12.7. The van der Waals surface area contributed by atoms with Crippen molar-refractivity contribution in [3.8, 4) is 11.1 Å². The SMILES string of the molecule is Cc1c(C(=O)N[C@H](C)c2ccc(-c3ccccc3)cc2)oc2ccccc12. The van der Waals surface area contributed by atoms with Crippen molar-refractivity contribution in [1.82, 2.24) is 5.32 Å². The molecule has 0 aliphatic heterocycles. The second kappa shape index (κ2) is 7.12. The summed E-state index contributed by atoms with van der Waals surface area (Å²) in [5, 5.41) is 4.02. The maximum absolute atomic E-state index is 12.7. The molecule has 0 radical (unpaired) electrons. The average molecular weight is 355 g/mol. The van der Waals surface area contributed by atoms with Gasteiger partial charge >= 0.3 is 0 Å². The molecular weight excluding hydrogens is 334 g/mol. The summed E-state index contributed by atoms with van der Waals surface area (Å²) in [6, 6.07) is 26.1. The molecule has 0 spiro atoms. The Balaban J connectivity index is 1.52. The quantitative estimate of drug-likeness (QED) is 0.495. The minimum absolute atomic E-state index is 0.116. The third-order valence-electron chi connectivity index (χ3n) is 4.92. The van der Waals surface area contributed by atoms with Gasteiger partial charge in [0.05, 0.1) is 6.04 Å². The smallest absolute Gasteiger partial charge is 0.287 e. The van der Waals surface area contributed by atoms with E-state index in [0.717, 1.165) is 27.7 Å². The van der Waals surface area contributed by atoms with Gasteiger partial charge in [0, 0.05) is 10.9 Å². The number of amides is 1. The Hall–Kier alpha value is -3.33. The van der Waals surface area contributed by atoms with E-state index in [0.29, 0.717) is 5.76 Å². The van der Waals surface area contributed by atoms with Crippen molar-refractivity contribution in [2.45, 2.75) is 19.9 Å². The highest BCUT2D eigenvalue weighted by atomic mass is 16.3. The van der Waals surface area contributed by atoms with Crippen LogP contribution in [-0.4, -0.2) is 5.91 Å². The van der Waals surface area contributed by atoms with Crippen LogP contribution in [0.15, 0.2) is 83.3 Å². The van der Waals surface area contributed by atoms with Crippen molar-refractivity contribution >= 4 is 16.9 Å². The molecule has 3 aromatic carbocycles. The Morgan fingerprint density at radius 1 is 0.852 bits per heavy atom. The molecule has 134 valence electrons. The highest BCUT2D eigenvalue weighted by Crippen LogP contribution is 2.26. The minimum Gasteiger partial charge on any atom is -0.451 e. The summed E-state index contributed by atoms with van der Waals surface area (Å²) < 4.78 is 5.76. The summed E-state index contributed by atoms with van der Waals surface area (Å²) >= 11 is 0. The molecule has 0 unspecified atom stereocenters. The minimum atomic E-state index is -0.191. The summed E-state index contributed by atoms with van der Waals surface area (Å²) in [4.78, 5) is 12.7. The lowest BCUT2D eigenvalue weighted by atomic mass is 10.0. The molecule has 0 fully saturated rings. The maximum Gasteiger partial charge on any atom is 0.287 e. The number of hydrogen-bond acceptors (Lipinski definition) is 2. The number of carbonyl (C=O) groups excluding carboxylic acids is 1. The van der Waals surface area contributed by atoms with Gasteiger partial charge in [-0.05, 0) is 36.6 Å². The Morgan fingerprint density at radius 3 is 2.19 bits per heavy atom. The van der Waals surface area contributed by atoms with Crippen LogP contribution in [-0.2, 0) is 0 Å². The number of carbonyl (C=O) groups is 1. The number of nitrogens with one attached hydrogen (secondary N) is 1. The van der Waals surface area contributed by atoms with Gasteiger partial charge in [-0.25, -0.2) is 0 Å². The van der Waals surface area contributed by atoms with Crippen molar-refractivity contribution in [3.63, 3.8) is 0 Å². The predicted molar refractivity (Wildman–Crippen MR) is 109 cm³/mol. The number of rotatable bonds is 4. The molecule has 1 heterocycles. The fourth-order valence-corrected chi connectivity index (χ4v) is 3.33. The zero-order chi connectivity index (χ0) is 18.8. The van der Waals surface area contributed by atoms with Gasteiger partial charge in [-0.1, -0.05) is 72.8 Å². The molecule has 0 saturated carbocycles. The summed E-state index contributed by atoms with van der Waals surface area (Å²) in [5.41, 5.74) is 5.00. The third kappa shape index (κ3) is 3.36.